The minimum absolute atomic E-state index is 0.00565. The van der Waals surface area contributed by atoms with E-state index in [4.69, 9.17) is 16.0 Å². The Hall–Kier alpha value is -1.39. The second-order valence-electron chi connectivity index (χ2n) is 4.25. The SMILES string of the molecule is O=C(c1cccc(Cl)c1)N1CCSC1c1ccco1. The molecule has 0 N–H and O–H groups in total. The van der Waals surface area contributed by atoms with Crippen LogP contribution in [0.5, 0.6) is 0 Å². The van der Waals surface area contributed by atoms with Crippen LogP contribution in [0.2, 0.25) is 5.02 Å². The number of furan rings is 1. The average Bonchev–Trinajstić information content (AvgIpc) is 3.08. The minimum atomic E-state index is -0.0403. The molecule has 1 aromatic carbocycles. The van der Waals surface area contributed by atoms with Crippen molar-refractivity contribution in [1.29, 1.82) is 0 Å². The van der Waals surface area contributed by atoms with Crippen LogP contribution in [0.1, 0.15) is 21.5 Å². The van der Waals surface area contributed by atoms with Gasteiger partial charge in [-0.25, -0.2) is 0 Å². The zero-order chi connectivity index (χ0) is 13.2. The van der Waals surface area contributed by atoms with Gasteiger partial charge in [0.1, 0.15) is 11.1 Å². The Morgan fingerprint density at radius 1 is 1.37 bits per heavy atom. The predicted octanol–water partition coefficient (Wildman–Crippen LogP) is 3.82. The topological polar surface area (TPSA) is 33.5 Å². The highest BCUT2D eigenvalue weighted by Crippen LogP contribution is 2.38. The van der Waals surface area contributed by atoms with E-state index in [0.717, 1.165) is 18.1 Å². The molecule has 0 spiro atoms. The van der Waals surface area contributed by atoms with Crippen LogP contribution in [0.3, 0.4) is 0 Å². The number of hydrogen-bond acceptors (Lipinski definition) is 3. The van der Waals surface area contributed by atoms with Crippen LogP contribution >= 0.6 is 23.4 Å². The Morgan fingerprint density at radius 3 is 3.00 bits per heavy atom. The zero-order valence-electron chi connectivity index (χ0n) is 10.1. The molecule has 1 unspecified atom stereocenters. The van der Waals surface area contributed by atoms with Crippen molar-refractivity contribution < 1.29 is 9.21 Å². The van der Waals surface area contributed by atoms with E-state index < -0.39 is 0 Å². The zero-order valence-corrected chi connectivity index (χ0v) is 11.7. The van der Waals surface area contributed by atoms with Crippen LogP contribution in [-0.4, -0.2) is 23.1 Å². The van der Waals surface area contributed by atoms with Crippen molar-refractivity contribution in [2.24, 2.45) is 0 Å². The van der Waals surface area contributed by atoms with E-state index in [1.165, 1.54) is 0 Å². The van der Waals surface area contributed by atoms with Crippen molar-refractivity contribution in [1.82, 2.24) is 4.90 Å². The predicted molar refractivity (Wildman–Crippen MR) is 76.4 cm³/mol. The Morgan fingerprint density at radius 2 is 2.26 bits per heavy atom. The molecule has 98 valence electrons. The number of carbonyl (C=O) groups is 1. The molecule has 0 saturated carbocycles. The van der Waals surface area contributed by atoms with Crippen molar-refractivity contribution in [2.45, 2.75) is 5.37 Å². The van der Waals surface area contributed by atoms with Crippen LogP contribution in [0, 0.1) is 0 Å². The van der Waals surface area contributed by atoms with E-state index in [0.29, 0.717) is 10.6 Å². The van der Waals surface area contributed by atoms with Gasteiger partial charge < -0.3 is 9.32 Å². The molecular formula is C14H12ClNO2S. The molecule has 1 aliphatic rings. The summed E-state index contributed by atoms with van der Waals surface area (Å²) in [5, 5.41) is 0.536. The number of halogens is 1. The Balaban J connectivity index is 1.87. The molecule has 19 heavy (non-hydrogen) atoms. The first-order chi connectivity index (χ1) is 9.25. The first kappa shape index (κ1) is 12.6. The van der Waals surface area contributed by atoms with Crippen LogP contribution in [0.25, 0.3) is 0 Å². The van der Waals surface area contributed by atoms with Gasteiger partial charge in [-0.3, -0.25) is 4.79 Å². The Bertz CT molecular complexity index is 585. The third-order valence-corrected chi connectivity index (χ3v) is 4.47. The number of benzene rings is 1. The monoisotopic (exact) mass is 293 g/mol. The lowest BCUT2D eigenvalue weighted by Crippen LogP contribution is -2.30. The number of hydrogen-bond donors (Lipinski definition) is 0. The molecule has 2 aromatic rings. The fourth-order valence-corrected chi connectivity index (χ4v) is 3.53. The molecule has 1 amide bonds. The van der Waals surface area contributed by atoms with E-state index in [2.05, 4.69) is 0 Å². The first-order valence-electron chi connectivity index (χ1n) is 5.97. The number of carbonyl (C=O) groups excluding carboxylic acids is 1. The van der Waals surface area contributed by atoms with Crippen LogP contribution in [0.15, 0.2) is 47.1 Å². The van der Waals surface area contributed by atoms with Gasteiger partial charge in [0.25, 0.3) is 5.91 Å². The summed E-state index contributed by atoms with van der Waals surface area (Å²) >= 11 is 7.65. The van der Waals surface area contributed by atoms with E-state index in [9.17, 15) is 4.79 Å². The van der Waals surface area contributed by atoms with Crippen LogP contribution in [0.4, 0.5) is 0 Å². The molecule has 1 aromatic heterocycles. The van der Waals surface area contributed by atoms with Gasteiger partial charge in [0.2, 0.25) is 0 Å². The van der Waals surface area contributed by atoms with Gasteiger partial charge in [0.15, 0.2) is 0 Å². The average molecular weight is 294 g/mol. The second-order valence-corrected chi connectivity index (χ2v) is 5.87. The molecule has 3 nitrogen and oxygen atoms in total. The highest BCUT2D eigenvalue weighted by atomic mass is 35.5. The van der Waals surface area contributed by atoms with Crippen molar-refractivity contribution in [2.75, 3.05) is 12.3 Å². The normalized spacial score (nSPS) is 18.8. The fraction of sp³-hybridized carbons (Fsp3) is 0.214. The number of thioether (sulfide) groups is 1. The Kier molecular flexibility index (Phi) is 3.53. The summed E-state index contributed by atoms with van der Waals surface area (Å²) in [5.41, 5.74) is 0.617. The quantitative estimate of drug-likeness (QED) is 0.844. The van der Waals surface area contributed by atoms with Gasteiger partial charge in [0.05, 0.1) is 6.26 Å². The van der Waals surface area contributed by atoms with Crippen molar-refractivity contribution in [3.05, 3.63) is 59.0 Å². The van der Waals surface area contributed by atoms with Crippen molar-refractivity contribution >= 4 is 29.3 Å². The molecular weight excluding hydrogens is 282 g/mol. The lowest BCUT2D eigenvalue weighted by molar-refractivity contribution is 0.0749. The van der Waals surface area contributed by atoms with Crippen LogP contribution < -0.4 is 0 Å². The molecule has 3 rings (SSSR count). The highest BCUT2D eigenvalue weighted by molar-refractivity contribution is 7.99. The summed E-state index contributed by atoms with van der Waals surface area (Å²) in [6.45, 7) is 0.724. The van der Waals surface area contributed by atoms with Gasteiger partial charge in [-0.15, -0.1) is 11.8 Å². The summed E-state index contributed by atoms with van der Waals surface area (Å²) in [4.78, 5) is 14.3. The molecule has 1 aliphatic heterocycles. The highest BCUT2D eigenvalue weighted by Gasteiger charge is 2.32. The van der Waals surface area contributed by atoms with E-state index in [-0.39, 0.29) is 11.3 Å². The lowest BCUT2D eigenvalue weighted by atomic mass is 10.2. The third kappa shape index (κ3) is 2.51. The molecule has 5 heteroatoms. The van der Waals surface area contributed by atoms with E-state index >= 15 is 0 Å². The lowest BCUT2D eigenvalue weighted by Gasteiger charge is -2.22. The van der Waals surface area contributed by atoms with Gasteiger partial charge in [-0.05, 0) is 30.3 Å². The minimum Gasteiger partial charge on any atom is -0.466 e. The van der Waals surface area contributed by atoms with Gasteiger partial charge >= 0.3 is 0 Å². The summed E-state index contributed by atoms with van der Waals surface area (Å²) < 4.78 is 5.42. The van der Waals surface area contributed by atoms with Gasteiger partial charge in [-0.2, -0.15) is 0 Å². The maximum absolute atomic E-state index is 12.5. The largest absolute Gasteiger partial charge is 0.466 e. The van der Waals surface area contributed by atoms with Gasteiger partial charge in [0, 0.05) is 22.9 Å². The smallest absolute Gasteiger partial charge is 0.255 e. The summed E-state index contributed by atoms with van der Waals surface area (Å²) in [6.07, 6.45) is 1.64. The number of rotatable bonds is 2. The summed E-state index contributed by atoms with van der Waals surface area (Å²) in [6, 6.07) is 10.8. The summed E-state index contributed by atoms with van der Waals surface area (Å²) in [7, 11) is 0. The Labute approximate surface area is 120 Å². The molecule has 1 saturated heterocycles. The first-order valence-corrected chi connectivity index (χ1v) is 7.40. The fourth-order valence-electron chi connectivity index (χ4n) is 2.13. The van der Waals surface area contributed by atoms with Crippen LogP contribution in [-0.2, 0) is 0 Å². The molecule has 0 aliphatic carbocycles. The molecule has 1 atom stereocenters. The van der Waals surface area contributed by atoms with E-state index in [1.807, 2.05) is 17.0 Å². The maximum atomic E-state index is 12.5. The molecule has 0 radical (unpaired) electrons. The standard InChI is InChI=1S/C14H12ClNO2S/c15-11-4-1-3-10(9-11)13(17)16-6-8-19-14(16)12-5-2-7-18-12/h1-5,7,9,14H,6,8H2. The third-order valence-electron chi connectivity index (χ3n) is 3.01. The second kappa shape index (κ2) is 5.31. The molecule has 1 fully saturated rings. The number of amides is 1. The molecule has 2 heterocycles. The van der Waals surface area contributed by atoms with Crippen molar-refractivity contribution in [3.63, 3.8) is 0 Å². The maximum Gasteiger partial charge on any atom is 0.255 e. The van der Waals surface area contributed by atoms with Gasteiger partial charge in [-0.1, -0.05) is 17.7 Å². The van der Waals surface area contributed by atoms with E-state index in [1.54, 1.807) is 42.3 Å². The van der Waals surface area contributed by atoms with Crippen molar-refractivity contribution in [3.8, 4) is 0 Å². The number of nitrogens with zero attached hydrogens (tertiary/aromatic N) is 1. The summed E-state index contributed by atoms with van der Waals surface area (Å²) in [5.74, 6) is 1.73. The molecule has 0 bridgehead atoms.